The van der Waals surface area contributed by atoms with E-state index < -0.39 is 14.6 Å². The van der Waals surface area contributed by atoms with E-state index in [1.54, 1.807) is 4.90 Å². The smallest absolute Gasteiger partial charge is 0.317 e. The average Bonchev–Trinajstić information content (AvgIpc) is 3.05. The van der Waals surface area contributed by atoms with Crippen molar-refractivity contribution in [2.75, 3.05) is 18.8 Å². The van der Waals surface area contributed by atoms with Gasteiger partial charge in [0, 0.05) is 37.3 Å². The van der Waals surface area contributed by atoms with Gasteiger partial charge in [-0.1, -0.05) is 13.8 Å². The van der Waals surface area contributed by atoms with E-state index in [4.69, 9.17) is 0 Å². The number of nitrogens with zero attached hydrogens (tertiary/aromatic N) is 3. The molecule has 0 radical (unpaired) electrons. The molecule has 0 saturated carbocycles. The molecule has 27 heavy (non-hydrogen) atoms. The molecule has 1 aliphatic heterocycles. The molecule has 0 aromatic carbocycles. The predicted octanol–water partition coefficient (Wildman–Crippen LogP) is 2.32. The molecule has 1 aromatic rings. The molecular formula is C19H32N4O3S. The van der Waals surface area contributed by atoms with E-state index in [0.717, 1.165) is 19.3 Å². The second-order valence-electron chi connectivity index (χ2n) is 8.17. The van der Waals surface area contributed by atoms with Gasteiger partial charge in [0.25, 0.3) is 0 Å². The summed E-state index contributed by atoms with van der Waals surface area (Å²) in [5.74, 6) is 0.0526. The van der Waals surface area contributed by atoms with Gasteiger partial charge in [-0.15, -0.1) is 0 Å². The number of nitrogens with one attached hydrogen (secondary N) is 1. The maximum absolute atomic E-state index is 12.9. The number of carbonyl (C=O) groups is 1. The standard InChI is InChI=1S/C19H32N4O3S/c1-5-19(6-2)13-22(9-10-27(19,25)26)18(24)21-16-8-7-15-12-20-23(14(3)4)17(15)11-16/h12,14,16H,5-11,13H2,1-4H3,(H,21,24). The lowest BCUT2D eigenvalue weighted by Crippen LogP contribution is -2.60. The molecule has 2 aliphatic rings. The van der Waals surface area contributed by atoms with Crippen molar-refractivity contribution >= 4 is 15.9 Å². The molecule has 1 aromatic heterocycles. The van der Waals surface area contributed by atoms with Crippen LogP contribution in [0.15, 0.2) is 6.20 Å². The summed E-state index contributed by atoms with van der Waals surface area (Å²) >= 11 is 0. The highest BCUT2D eigenvalue weighted by atomic mass is 32.2. The first kappa shape index (κ1) is 20.2. The molecule has 1 unspecified atom stereocenters. The summed E-state index contributed by atoms with van der Waals surface area (Å²) in [5, 5.41) is 7.63. The largest absolute Gasteiger partial charge is 0.335 e. The number of fused-ring (bicyclic) bond motifs is 1. The number of sulfone groups is 1. The summed E-state index contributed by atoms with van der Waals surface area (Å²) < 4.78 is 26.4. The van der Waals surface area contributed by atoms with E-state index in [-0.39, 0.29) is 30.9 Å². The Hall–Kier alpha value is -1.57. The molecule has 0 bridgehead atoms. The molecule has 2 heterocycles. The van der Waals surface area contributed by atoms with Crippen LogP contribution >= 0.6 is 0 Å². The zero-order chi connectivity index (χ0) is 19.8. The Labute approximate surface area is 162 Å². The zero-order valence-electron chi connectivity index (χ0n) is 16.9. The van der Waals surface area contributed by atoms with Crippen molar-refractivity contribution in [1.29, 1.82) is 0 Å². The highest BCUT2D eigenvalue weighted by Gasteiger charge is 2.46. The van der Waals surface area contributed by atoms with Crippen LogP contribution in [0.25, 0.3) is 0 Å². The van der Waals surface area contributed by atoms with Crippen LogP contribution in [0.1, 0.15) is 64.3 Å². The topological polar surface area (TPSA) is 84.3 Å². The van der Waals surface area contributed by atoms with Crippen molar-refractivity contribution < 1.29 is 13.2 Å². The Balaban J connectivity index is 1.68. The Kier molecular flexibility index (Phi) is 5.57. The molecule has 8 heteroatoms. The molecule has 1 saturated heterocycles. The molecule has 7 nitrogen and oxygen atoms in total. The van der Waals surface area contributed by atoms with Gasteiger partial charge < -0.3 is 10.2 Å². The summed E-state index contributed by atoms with van der Waals surface area (Å²) in [6, 6.07) is 0.223. The number of urea groups is 1. The van der Waals surface area contributed by atoms with Crippen molar-refractivity contribution in [3.05, 3.63) is 17.5 Å². The number of aryl methyl sites for hydroxylation is 1. The number of hydrogen-bond donors (Lipinski definition) is 1. The third kappa shape index (κ3) is 3.60. The van der Waals surface area contributed by atoms with Crippen molar-refractivity contribution in [3.8, 4) is 0 Å². The van der Waals surface area contributed by atoms with Crippen molar-refractivity contribution in [2.45, 2.75) is 76.6 Å². The second kappa shape index (κ2) is 7.45. The highest BCUT2D eigenvalue weighted by molar-refractivity contribution is 7.92. The van der Waals surface area contributed by atoms with Crippen LogP contribution in [0, 0.1) is 0 Å². The lowest BCUT2D eigenvalue weighted by molar-refractivity contribution is 0.182. The van der Waals surface area contributed by atoms with Crippen LogP contribution in [0.3, 0.4) is 0 Å². The van der Waals surface area contributed by atoms with Gasteiger partial charge in [-0.05, 0) is 45.1 Å². The first-order valence-electron chi connectivity index (χ1n) is 10.1. The Bertz CT molecular complexity index is 796. The summed E-state index contributed by atoms with van der Waals surface area (Å²) in [6.45, 7) is 8.59. The first-order valence-corrected chi connectivity index (χ1v) is 11.7. The molecule has 2 amide bonds. The van der Waals surface area contributed by atoms with Crippen LogP contribution in [0.4, 0.5) is 4.79 Å². The Morgan fingerprint density at radius 2 is 2.07 bits per heavy atom. The molecule has 1 fully saturated rings. The van der Waals surface area contributed by atoms with Crippen LogP contribution in [0.5, 0.6) is 0 Å². The number of rotatable bonds is 4. The van der Waals surface area contributed by atoms with Gasteiger partial charge in [0.2, 0.25) is 0 Å². The number of aromatic nitrogens is 2. The summed E-state index contributed by atoms with van der Waals surface area (Å²) in [6.07, 6.45) is 5.60. The lowest BCUT2D eigenvalue weighted by Gasteiger charge is -2.41. The van der Waals surface area contributed by atoms with Crippen LogP contribution in [-0.4, -0.2) is 58.8 Å². The number of hydrogen-bond acceptors (Lipinski definition) is 4. The van der Waals surface area contributed by atoms with Gasteiger partial charge in [-0.2, -0.15) is 5.10 Å². The third-order valence-electron chi connectivity index (χ3n) is 6.35. The summed E-state index contributed by atoms with van der Waals surface area (Å²) in [7, 11) is -3.17. The summed E-state index contributed by atoms with van der Waals surface area (Å²) in [4.78, 5) is 14.6. The minimum atomic E-state index is -3.17. The van der Waals surface area contributed by atoms with Gasteiger partial charge in [0.05, 0.1) is 16.7 Å². The van der Waals surface area contributed by atoms with Crippen LogP contribution in [-0.2, 0) is 22.7 Å². The maximum Gasteiger partial charge on any atom is 0.317 e. The summed E-state index contributed by atoms with van der Waals surface area (Å²) in [5.41, 5.74) is 2.48. The third-order valence-corrected chi connectivity index (χ3v) is 9.09. The predicted molar refractivity (Wildman–Crippen MR) is 106 cm³/mol. The van der Waals surface area contributed by atoms with E-state index in [1.807, 2.05) is 24.7 Å². The minimum Gasteiger partial charge on any atom is -0.335 e. The van der Waals surface area contributed by atoms with E-state index in [9.17, 15) is 13.2 Å². The van der Waals surface area contributed by atoms with E-state index in [1.165, 1.54) is 11.3 Å². The van der Waals surface area contributed by atoms with Crippen molar-refractivity contribution in [2.24, 2.45) is 0 Å². The average molecular weight is 397 g/mol. The monoisotopic (exact) mass is 396 g/mol. The fourth-order valence-corrected chi connectivity index (χ4v) is 6.54. The van der Waals surface area contributed by atoms with Crippen molar-refractivity contribution in [3.63, 3.8) is 0 Å². The molecule has 1 atom stereocenters. The number of amides is 2. The number of carbonyl (C=O) groups excluding carboxylic acids is 1. The lowest BCUT2D eigenvalue weighted by atomic mass is 9.93. The molecule has 0 spiro atoms. The maximum atomic E-state index is 12.9. The van der Waals surface area contributed by atoms with Gasteiger partial charge >= 0.3 is 6.03 Å². The van der Waals surface area contributed by atoms with Crippen LogP contribution < -0.4 is 5.32 Å². The molecule has 3 rings (SSSR count). The normalized spacial score (nSPS) is 23.9. The van der Waals surface area contributed by atoms with E-state index in [0.29, 0.717) is 18.9 Å². The fourth-order valence-electron chi connectivity index (χ4n) is 4.41. The highest BCUT2D eigenvalue weighted by Crippen LogP contribution is 2.31. The first-order chi connectivity index (χ1) is 12.7. The molecule has 152 valence electrons. The molecule has 1 N–H and O–H groups in total. The van der Waals surface area contributed by atoms with Gasteiger partial charge in [0.15, 0.2) is 9.84 Å². The van der Waals surface area contributed by atoms with Gasteiger partial charge in [-0.25, -0.2) is 13.2 Å². The Morgan fingerprint density at radius 3 is 2.70 bits per heavy atom. The quantitative estimate of drug-likeness (QED) is 0.846. The SMILES string of the molecule is CCC1(CC)CN(C(=O)NC2CCc3cnn(C(C)C)c3C2)CCS1(=O)=O. The van der Waals surface area contributed by atoms with Crippen LogP contribution in [0.2, 0.25) is 0 Å². The van der Waals surface area contributed by atoms with Gasteiger partial charge in [0.1, 0.15) is 0 Å². The van der Waals surface area contributed by atoms with E-state index in [2.05, 4.69) is 24.3 Å². The van der Waals surface area contributed by atoms with E-state index >= 15 is 0 Å². The Morgan fingerprint density at radius 1 is 1.37 bits per heavy atom. The van der Waals surface area contributed by atoms with Crippen molar-refractivity contribution in [1.82, 2.24) is 20.0 Å². The zero-order valence-corrected chi connectivity index (χ0v) is 17.7. The minimum absolute atomic E-state index is 0.0526. The second-order valence-corrected chi connectivity index (χ2v) is 10.7. The van der Waals surface area contributed by atoms with Gasteiger partial charge in [-0.3, -0.25) is 4.68 Å². The molecular weight excluding hydrogens is 364 g/mol. The molecule has 1 aliphatic carbocycles. The fraction of sp³-hybridized carbons (Fsp3) is 0.789.